The average molecular weight is 372 g/mol. The number of nitrogens with two attached hydrogens (primary N) is 1. The fourth-order valence-corrected chi connectivity index (χ4v) is 2.86. The lowest BCUT2D eigenvalue weighted by atomic mass is 9.91. The van der Waals surface area contributed by atoms with Crippen molar-refractivity contribution >= 4 is 29.9 Å². The Hall–Kier alpha value is -1.66. The Balaban J connectivity index is 0.00000312. The largest absolute Gasteiger partial charge is 0.349 e. The highest BCUT2D eigenvalue weighted by atomic mass is 35.5. The zero-order valence-electron chi connectivity index (χ0n) is 14.7. The first-order chi connectivity index (χ1) is 11.3. The fourth-order valence-electron chi connectivity index (χ4n) is 2.86. The topological polar surface area (TPSA) is 84.2 Å². The second-order valence-electron chi connectivity index (χ2n) is 6.93. The maximum absolute atomic E-state index is 14.1. The first kappa shape index (κ1) is 21.4. The van der Waals surface area contributed by atoms with Crippen molar-refractivity contribution in [2.75, 3.05) is 5.32 Å². The van der Waals surface area contributed by atoms with Crippen LogP contribution in [-0.2, 0) is 4.79 Å². The molecule has 0 radical (unpaired) electrons. The van der Waals surface area contributed by atoms with Crippen LogP contribution < -0.4 is 16.4 Å². The molecule has 0 heterocycles. The lowest BCUT2D eigenvalue weighted by molar-refractivity contribution is -0.116. The zero-order chi connectivity index (χ0) is 17.7. The summed E-state index contributed by atoms with van der Waals surface area (Å²) in [6.45, 7) is 3.84. The summed E-state index contributed by atoms with van der Waals surface area (Å²) in [6.07, 6.45) is 3.79. The van der Waals surface area contributed by atoms with E-state index in [1.807, 2.05) is 13.8 Å². The van der Waals surface area contributed by atoms with Crippen LogP contribution in [0.4, 0.5) is 10.1 Å². The van der Waals surface area contributed by atoms with Crippen LogP contribution in [0, 0.1) is 11.7 Å². The summed E-state index contributed by atoms with van der Waals surface area (Å²) in [4.78, 5) is 23.9. The smallest absolute Gasteiger partial charge is 0.251 e. The molecule has 0 bridgehead atoms. The van der Waals surface area contributed by atoms with Gasteiger partial charge in [0, 0.05) is 24.1 Å². The van der Waals surface area contributed by atoms with Gasteiger partial charge < -0.3 is 16.4 Å². The minimum atomic E-state index is -0.606. The highest BCUT2D eigenvalue weighted by Gasteiger charge is 2.21. The van der Waals surface area contributed by atoms with Gasteiger partial charge in [-0.25, -0.2) is 4.39 Å². The van der Waals surface area contributed by atoms with Crippen LogP contribution in [0.15, 0.2) is 18.2 Å². The van der Waals surface area contributed by atoms with Gasteiger partial charge in [-0.15, -0.1) is 12.4 Å². The molecule has 1 aliphatic carbocycles. The molecule has 25 heavy (non-hydrogen) atoms. The number of carbonyl (C=O) groups excluding carboxylic acids is 2. The van der Waals surface area contributed by atoms with Crippen molar-refractivity contribution < 1.29 is 14.0 Å². The molecule has 1 saturated carbocycles. The van der Waals surface area contributed by atoms with Crippen molar-refractivity contribution in [3.63, 3.8) is 0 Å². The summed E-state index contributed by atoms with van der Waals surface area (Å²) < 4.78 is 14.1. The quantitative estimate of drug-likeness (QED) is 0.742. The van der Waals surface area contributed by atoms with Gasteiger partial charge in [0.25, 0.3) is 5.91 Å². The van der Waals surface area contributed by atoms with E-state index < -0.39 is 5.82 Å². The summed E-state index contributed by atoms with van der Waals surface area (Å²) in [5.41, 5.74) is 6.20. The number of benzene rings is 1. The van der Waals surface area contributed by atoms with Crippen LogP contribution in [0.25, 0.3) is 0 Å². The number of hydrogen-bond acceptors (Lipinski definition) is 3. The molecule has 5 nitrogen and oxygen atoms in total. The number of halogens is 2. The van der Waals surface area contributed by atoms with Crippen LogP contribution >= 0.6 is 12.4 Å². The van der Waals surface area contributed by atoms with Gasteiger partial charge in [-0.05, 0) is 49.8 Å². The Labute approximate surface area is 154 Å². The Bertz CT molecular complexity index is 602. The first-order valence-electron chi connectivity index (χ1n) is 8.51. The predicted molar refractivity (Wildman–Crippen MR) is 99.4 cm³/mol. The number of nitrogens with one attached hydrogen (secondary N) is 2. The zero-order valence-corrected chi connectivity index (χ0v) is 15.5. The molecule has 0 unspecified atom stereocenters. The SMILES string of the molecule is CC(C)CC(=O)Nc1ccc(C(=O)NC2CCC(N)CC2)cc1F.Cl. The van der Waals surface area contributed by atoms with Crippen molar-refractivity contribution in [1.82, 2.24) is 5.32 Å². The van der Waals surface area contributed by atoms with Crippen molar-refractivity contribution in [2.24, 2.45) is 11.7 Å². The summed E-state index contributed by atoms with van der Waals surface area (Å²) >= 11 is 0. The molecule has 7 heteroatoms. The fraction of sp³-hybridized carbons (Fsp3) is 0.556. The molecule has 0 spiro atoms. The highest BCUT2D eigenvalue weighted by Crippen LogP contribution is 2.19. The summed E-state index contributed by atoms with van der Waals surface area (Å²) in [5, 5.41) is 5.46. The maximum Gasteiger partial charge on any atom is 0.251 e. The van der Waals surface area contributed by atoms with Gasteiger partial charge in [-0.1, -0.05) is 13.8 Å². The van der Waals surface area contributed by atoms with Crippen molar-refractivity contribution in [2.45, 2.75) is 58.0 Å². The van der Waals surface area contributed by atoms with E-state index in [2.05, 4.69) is 10.6 Å². The second kappa shape index (κ2) is 9.73. The van der Waals surface area contributed by atoms with Crippen LogP contribution in [0.3, 0.4) is 0 Å². The molecular formula is C18H27ClFN3O2. The molecule has 140 valence electrons. The van der Waals surface area contributed by atoms with Crippen LogP contribution in [0.5, 0.6) is 0 Å². The van der Waals surface area contributed by atoms with Crippen LogP contribution in [0.2, 0.25) is 0 Å². The lowest BCUT2D eigenvalue weighted by Crippen LogP contribution is -2.40. The van der Waals surface area contributed by atoms with Crippen molar-refractivity contribution in [3.8, 4) is 0 Å². The van der Waals surface area contributed by atoms with Gasteiger partial charge in [-0.2, -0.15) is 0 Å². The molecule has 0 atom stereocenters. The Kier molecular flexibility index (Phi) is 8.32. The molecule has 0 aromatic heterocycles. The van der Waals surface area contributed by atoms with E-state index in [4.69, 9.17) is 5.73 Å². The highest BCUT2D eigenvalue weighted by molar-refractivity contribution is 5.96. The molecule has 2 amide bonds. The minimum absolute atomic E-state index is 0. The van der Waals surface area contributed by atoms with E-state index in [9.17, 15) is 14.0 Å². The van der Waals surface area contributed by atoms with Gasteiger partial charge >= 0.3 is 0 Å². The summed E-state index contributed by atoms with van der Waals surface area (Å²) in [5.74, 6) is -0.943. The number of amides is 2. The Morgan fingerprint density at radius 1 is 1.24 bits per heavy atom. The molecule has 0 saturated heterocycles. The van der Waals surface area contributed by atoms with Gasteiger partial charge in [0.15, 0.2) is 0 Å². The molecule has 1 aromatic rings. The Morgan fingerprint density at radius 3 is 2.44 bits per heavy atom. The lowest BCUT2D eigenvalue weighted by Gasteiger charge is -2.26. The standard InChI is InChI=1S/C18H26FN3O2.ClH/c1-11(2)9-17(23)22-16-8-3-12(10-15(16)19)18(24)21-14-6-4-13(20)5-7-14;/h3,8,10-11,13-14H,4-7,9,20H2,1-2H3,(H,21,24)(H,22,23);1H. The van der Waals surface area contributed by atoms with Gasteiger partial charge in [0.2, 0.25) is 5.91 Å². The first-order valence-corrected chi connectivity index (χ1v) is 8.51. The second-order valence-corrected chi connectivity index (χ2v) is 6.93. The minimum Gasteiger partial charge on any atom is -0.349 e. The van der Waals surface area contributed by atoms with E-state index in [1.54, 1.807) is 0 Å². The molecule has 4 N–H and O–H groups in total. The summed E-state index contributed by atoms with van der Waals surface area (Å²) in [6, 6.07) is 4.42. The molecule has 1 aliphatic rings. The van der Waals surface area contributed by atoms with Crippen molar-refractivity contribution in [1.29, 1.82) is 0 Å². The normalized spacial score (nSPS) is 19.9. The molecule has 2 rings (SSSR count). The van der Waals surface area contributed by atoms with E-state index in [0.717, 1.165) is 31.7 Å². The predicted octanol–water partition coefficient (Wildman–Crippen LogP) is 3.23. The number of rotatable bonds is 5. The van der Waals surface area contributed by atoms with Crippen molar-refractivity contribution in [3.05, 3.63) is 29.6 Å². The van der Waals surface area contributed by atoms with Gasteiger partial charge in [-0.3, -0.25) is 9.59 Å². The van der Waals surface area contributed by atoms with E-state index in [-0.39, 0.29) is 53.5 Å². The van der Waals surface area contributed by atoms with Crippen LogP contribution in [0.1, 0.15) is 56.3 Å². The van der Waals surface area contributed by atoms with E-state index in [0.29, 0.717) is 6.42 Å². The van der Waals surface area contributed by atoms with Gasteiger partial charge in [0.1, 0.15) is 5.82 Å². The molecule has 1 aromatic carbocycles. The summed E-state index contributed by atoms with van der Waals surface area (Å²) in [7, 11) is 0. The molecule has 0 aliphatic heterocycles. The number of anilines is 1. The van der Waals surface area contributed by atoms with Crippen LogP contribution in [-0.4, -0.2) is 23.9 Å². The van der Waals surface area contributed by atoms with E-state index in [1.165, 1.54) is 12.1 Å². The third-order valence-electron chi connectivity index (χ3n) is 4.21. The van der Waals surface area contributed by atoms with Gasteiger partial charge in [0.05, 0.1) is 5.69 Å². The number of hydrogen-bond donors (Lipinski definition) is 3. The number of carbonyl (C=O) groups is 2. The third kappa shape index (κ3) is 6.63. The maximum atomic E-state index is 14.1. The van der Waals surface area contributed by atoms with E-state index >= 15 is 0 Å². The average Bonchev–Trinajstić information content (AvgIpc) is 2.50. The molecule has 1 fully saturated rings. The molecular weight excluding hydrogens is 345 g/mol. The monoisotopic (exact) mass is 371 g/mol. The Morgan fingerprint density at radius 2 is 1.88 bits per heavy atom. The third-order valence-corrected chi connectivity index (χ3v) is 4.21.